The molecule has 1 N–H and O–H groups in total. The van der Waals surface area contributed by atoms with Crippen molar-refractivity contribution in [1.82, 2.24) is 4.31 Å². The fraction of sp³-hybridized carbons (Fsp3) is 0.321. The van der Waals surface area contributed by atoms with Gasteiger partial charge in [-0.25, -0.2) is 16.8 Å². The van der Waals surface area contributed by atoms with Gasteiger partial charge in [-0.05, 0) is 92.4 Å². The summed E-state index contributed by atoms with van der Waals surface area (Å²) in [7, 11) is -7.47. The number of hydrogen-bond acceptors (Lipinski definition) is 6. The first-order chi connectivity index (χ1) is 19.1. The van der Waals surface area contributed by atoms with Crippen LogP contribution in [0, 0.1) is 5.92 Å². The number of hydrogen-bond donors (Lipinski definition) is 1. The SMILES string of the molecule is CCOc1ccc(S(=O)(=O)N2CCC(C(=O)Nc3ccc4c(c3)N(S(=O)(=O)c3ccc(Cl)cc3)CC4)CC2)cc1. The van der Waals surface area contributed by atoms with Gasteiger partial charge in [0.15, 0.2) is 0 Å². The normalized spacial score (nSPS) is 16.5. The van der Waals surface area contributed by atoms with E-state index in [4.69, 9.17) is 16.3 Å². The van der Waals surface area contributed by atoms with E-state index in [1.165, 1.54) is 45.0 Å². The van der Waals surface area contributed by atoms with Gasteiger partial charge in [-0.15, -0.1) is 0 Å². The van der Waals surface area contributed by atoms with Crippen LogP contribution in [0.1, 0.15) is 25.3 Å². The molecule has 0 aliphatic carbocycles. The maximum absolute atomic E-state index is 13.3. The Bertz CT molecular complexity index is 1600. The zero-order chi connectivity index (χ0) is 28.5. The van der Waals surface area contributed by atoms with Crippen LogP contribution in [0.5, 0.6) is 5.75 Å². The van der Waals surface area contributed by atoms with Gasteiger partial charge in [-0.2, -0.15) is 4.31 Å². The summed E-state index contributed by atoms with van der Waals surface area (Å²) in [5, 5.41) is 3.35. The fourth-order valence-corrected chi connectivity index (χ4v) is 8.13. The molecule has 1 fully saturated rings. The number of benzene rings is 3. The largest absolute Gasteiger partial charge is 0.494 e. The molecular weight excluding hydrogens is 574 g/mol. The van der Waals surface area contributed by atoms with E-state index >= 15 is 0 Å². The molecule has 40 heavy (non-hydrogen) atoms. The lowest BCUT2D eigenvalue weighted by Gasteiger charge is -2.30. The lowest BCUT2D eigenvalue weighted by atomic mass is 9.97. The van der Waals surface area contributed by atoms with E-state index < -0.39 is 20.0 Å². The quantitative estimate of drug-likeness (QED) is 0.405. The molecule has 5 rings (SSSR count). The molecule has 2 aliphatic heterocycles. The summed E-state index contributed by atoms with van der Waals surface area (Å²) in [4.78, 5) is 13.4. The van der Waals surface area contributed by atoms with Gasteiger partial charge >= 0.3 is 0 Å². The van der Waals surface area contributed by atoms with Crippen LogP contribution >= 0.6 is 11.6 Å². The zero-order valence-electron chi connectivity index (χ0n) is 21.9. The standard InChI is InChI=1S/C28H30ClN3O6S2/c1-2-38-24-7-11-25(12-8-24)39(34,35)31-16-13-21(14-17-31)28(33)30-23-6-3-20-15-18-32(27(20)19-23)40(36,37)26-9-4-22(29)5-10-26/h3-12,19,21H,2,13-18H2,1H3,(H,30,33). The third-order valence-corrected chi connectivity index (χ3v) is 11.2. The van der Waals surface area contributed by atoms with Crippen LogP contribution in [0.2, 0.25) is 5.02 Å². The number of rotatable bonds is 8. The van der Waals surface area contributed by atoms with Gasteiger partial charge in [0, 0.05) is 36.3 Å². The highest BCUT2D eigenvalue weighted by Gasteiger charge is 2.34. The maximum atomic E-state index is 13.3. The molecular formula is C28H30ClN3O6S2. The Labute approximate surface area is 239 Å². The van der Waals surface area contributed by atoms with Crippen molar-refractivity contribution in [2.24, 2.45) is 5.92 Å². The topological polar surface area (TPSA) is 113 Å². The summed E-state index contributed by atoms with van der Waals surface area (Å²) in [5.41, 5.74) is 1.90. The van der Waals surface area contributed by atoms with Crippen molar-refractivity contribution in [2.45, 2.75) is 36.0 Å². The number of fused-ring (bicyclic) bond motifs is 1. The lowest BCUT2D eigenvalue weighted by Crippen LogP contribution is -2.41. The molecule has 1 saturated heterocycles. The van der Waals surface area contributed by atoms with Crippen molar-refractivity contribution >= 4 is 48.9 Å². The van der Waals surface area contributed by atoms with E-state index in [0.29, 0.717) is 54.6 Å². The van der Waals surface area contributed by atoms with Crippen LogP contribution in [-0.4, -0.2) is 53.3 Å². The van der Waals surface area contributed by atoms with Crippen LogP contribution in [0.4, 0.5) is 11.4 Å². The maximum Gasteiger partial charge on any atom is 0.264 e. The van der Waals surface area contributed by atoms with Gasteiger partial charge in [0.1, 0.15) is 5.75 Å². The highest BCUT2D eigenvalue weighted by molar-refractivity contribution is 7.92. The number of ether oxygens (including phenoxy) is 1. The third-order valence-electron chi connectivity index (χ3n) is 7.20. The number of piperidine rings is 1. The lowest BCUT2D eigenvalue weighted by molar-refractivity contribution is -0.120. The van der Waals surface area contributed by atoms with Crippen LogP contribution in [-0.2, 0) is 31.3 Å². The number of amides is 1. The van der Waals surface area contributed by atoms with Crippen molar-refractivity contribution in [3.63, 3.8) is 0 Å². The highest BCUT2D eigenvalue weighted by atomic mass is 35.5. The number of nitrogens with zero attached hydrogens (tertiary/aromatic N) is 2. The van der Waals surface area contributed by atoms with Gasteiger partial charge in [-0.1, -0.05) is 17.7 Å². The molecule has 212 valence electrons. The molecule has 2 heterocycles. The molecule has 0 aromatic heterocycles. The molecule has 9 nitrogen and oxygen atoms in total. The second kappa shape index (κ2) is 11.4. The Morgan fingerprint density at radius 1 is 0.900 bits per heavy atom. The van der Waals surface area contributed by atoms with Crippen LogP contribution in [0.15, 0.2) is 76.5 Å². The number of sulfonamides is 2. The monoisotopic (exact) mass is 603 g/mol. The van der Waals surface area contributed by atoms with Crippen LogP contribution in [0.3, 0.4) is 0 Å². The second-order valence-corrected chi connectivity index (χ2v) is 13.9. The molecule has 0 radical (unpaired) electrons. The highest BCUT2D eigenvalue weighted by Crippen LogP contribution is 2.36. The molecule has 0 unspecified atom stereocenters. The van der Waals surface area contributed by atoms with E-state index in [1.807, 2.05) is 13.0 Å². The third kappa shape index (κ3) is 5.69. The van der Waals surface area contributed by atoms with Crippen LogP contribution < -0.4 is 14.4 Å². The first-order valence-electron chi connectivity index (χ1n) is 13.0. The first kappa shape index (κ1) is 28.4. The average Bonchev–Trinajstić information content (AvgIpc) is 3.38. The zero-order valence-corrected chi connectivity index (χ0v) is 24.3. The van der Waals surface area contributed by atoms with Crippen molar-refractivity contribution in [3.05, 3.63) is 77.3 Å². The Kier molecular flexibility index (Phi) is 8.10. The van der Waals surface area contributed by atoms with E-state index in [9.17, 15) is 21.6 Å². The number of anilines is 2. The van der Waals surface area contributed by atoms with Gasteiger partial charge in [-0.3, -0.25) is 9.10 Å². The predicted molar refractivity (Wildman–Crippen MR) is 154 cm³/mol. The van der Waals surface area contributed by atoms with Gasteiger partial charge in [0.05, 0.1) is 22.1 Å². The first-order valence-corrected chi connectivity index (χ1v) is 16.3. The van der Waals surface area contributed by atoms with E-state index in [2.05, 4.69) is 5.32 Å². The predicted octanol–water partition coefficient (Wildman–Crippen LogP) is 4.53. The summed E-state index contributed by atoms with van der Waals surface area (Å²) in [5.74, 6) is 0.0196. The molecule has 0 spiro atoms. The molecule has 3 aromatic rings. The Balaban J connectivity index is 1.23. The van der Waals surface area contributed by atoms with E-state index in [-0.39, 0.29) is 34.7 Å². The smallest absolute Gasteiger partial charge is 0.264 e. The van der Waals surface area contributed by atoms with E-state index in [0.717, 1.165) is 5.56 Å². The summed E-state index contributed by atoms with van der Waals surface area (Å²) < 4.78 is 60.9. The summed E-state index contributed by atoms with van der Waals surface area (Å²) in [6.45, 7) is 3.11. The summed E-state index contributed by atoms with van der Waals surface area (Å²) >= 11 is 5.92. The Hall–Kier alpha value is -3.12. The number of nitrogens with one attached hydrogen (secondary N) is 1. The van der Waals surface area contributed by atoms with Crippen molar-refractivity contribution in [1.29, 1.82) is 0 Å². The molecule has 0 bridgehead atoms. The number of carbonyl (C=O) groups excluding carboxylic acids is 1. The Morgan fingerprint density at radius 2 is 1.52 bits per heavy atom. The summed E-state index contributed by atoms with van der Waals surface area (Å²) in [6.07, 6.45) is 1.33. The van der Waals surface area contributed by atoms with Gasteiger partial charge < -0.3 is 10.1 Å². The van der Waals surface area contributed by atoms with Crippen molar-refractivity contribution in [2.75, 3.05) is 35.9 Å². The Morgan fingerprint density at radius 3 is 2.17 bits per heavy atom. The minimum atomic E-state index is -3.79. The van der Waals surface area contributed by atoms with Crippen molar-refractivity contribution < 1.29 is 26.4 Å². The molecule has 3 aromatic carbocycles. The number of carbonyl (C=O) groups is 1. The second-order valence-electron chi connectivity index (χ2n) is 9.70. The molecule has 12 heteroatoms. The minimum Gasteiger partial charge on any atom is -0.494 e. The molecule has 2 aliphatic rings. The molecule has 0 atom stereocenters. The number of halogens is 1. The summed E-state index contributed by atoms with van der Waals surface area (Å²) in [6, 6.07) is 17.6. The minimum absolute atomic E-state index is 0.145. The van der Waals surface area contributed by atoms with Gasteiger partial charge in [0.2, 0.25) is 15.9 Å². The van der Waals surface area contributed by atoms with Crippen LogP contribution in [0.25, 0.3) is 0 Å². The van der Waals surface area contributed by atoms with E-state index in [1.54, 1.807) is 24.3 Å². The molecule has 1 amide bonds. The molecule has 0 saturated carbocycles. The fourth-order valence-electron chi connectivity index (χ4n) is 5.04. The average molecular weight is 604 g/mol. The van der Waals surface area contributed by atoms with Crippen molar-refractivity contribution in [3.8, 4) is 5.75 Å². The van der Waals surface area contributed by atoms with Gasteiger partial charge in [0.25, 0.3) is 10.0 Å².